The van der Waals surface area contributed by atoms with Gasteiger partial charge in [0, 0.05) is 13.0 Å². The van der Waals surface area contributed by atoms with Crippen LogP contribution in [0, 0.1) is 6.92 Å². The van der Waals surface area contributed by atoms with Gasteiger partial charge in [-0.2, -0.15) is 0 Å². The number of benzene rings is 1. The number of carbonyl (C=O) groups excluding carboxylic acids is 1. The number of ether oxygens (including phenoxy) is 1. The van der Waals surface area contributed by atoms with E-state index >= 15 is 0 Å². The predicted molar refractivity (Wildman–Crippen MR) is 118 cm³/mol. The fraction of sp³-hybridized carbons (Fsp3) is 0.435. The molecular weight excluding hydrogens is 384 g/mol. The highest BCUT2D eigenvalue weighted by Crippen LogP contribution is 2.27. The summed E-state index contributed by atoms with van der Waals surface area (Å²) in [6.45, 7) is 4.97. The average molecular weight is 413 g/mol. The van der Waals surface area contributed by atoms with Crippen LogP contribution in [0.15, 0.2) is 41.5 Å². The number of nitrogens with zero attached hydrogens (tertiary/aromatic N) is 2. The molecule has 0 unspecified atom stereocenters. The molecule has 0 spiro atoms. The highest BCUT2D eigenvalue weighted by atomic mass is 32.1. The summed E-state index contributed by atoms with van der Waals surface area (Å²) in [7, 11) is 0. The van der Waals surface area contributed by atoms with Crippen molar-refractivity contribution < 1.29 is 9.53 Å². The highest BCUT2D eigenvalue weighted by Gasteiger charge is 2.20. The molecule has 0 amide bonds. The smallest absolute Gasteiger partial charge is 0.348 e. The number of aryl methyl sites for hydroxylation is 2. The van der Waals surface area contributed by atoms with Crippen LogP contribution in [0.5, 0.6) is 0 Å². The van der Waals surface area contributed by atoms with Crippen molar-refractivity contribution in [2.24, 2.45) is 0 Å². The maximum Gasteiger partial charge on any atom is 0.348 e. The Kier molecular flexibility index (Phi) is 7.58. The summed E-state index contributed by atoms with van der Waals surface area (Å²) in [5.41, 5.74) is 1.73. The van der Waals surface area contributed by atoms with Crippen LogP contribution < -0.4 is 5.56 Å². The fourth-order valence-electron chi connectivity index (χ4n) is 3.37. The van der Waals surface area contributed by atoms with Crippen LogP contribution in [-0.4, -0.2) is 22.1 Å². The zero-order chi connectivity index (χ0) is 20.6. The first-order chi connectivity index (χ1) is 14.1. The Morgan fingerprint density at radius 2 is 1.90 bits per heavy atom. The topological polar surface area (TPSA) is 61.2 Å². The van der Waals surface area contributed by atoms with Gasteiger partial charge in [-0.15, -0.1) is 11.3 Å². The molecule has 2 aromatic heterocycles. The zero-order valence-corrected chi connectivity index (χ0v) is 18.0. The second kappa shape index (κ2) is 10.3. The van der Waals surface area contributed by atoms with Crippen molar-refractivity contribution in [1.29, 1.82) is 0 Å². The lowest BCUT2D eigenvalue weighted by Crippen LogP contribution is -2.20. The van der Waals surface area contributed by atoms with Crippen molar-refractivity contribution in [3.63, 3.8) is 0 Å². The van der Waals surface area contributed by atoms with Gasteiger partial charge in [0.2, 0.25) is 0 Å². The van der Waals surface area contributed by atoms with E-state index in [1.54, 1.807) is 17.8 Å². The Labute approximate surface area is 175 Å². The van der Waals surface area contributed by atoms with Crippen LogP contribution >= 0.6 is 11.3 Å². The van der Waals surface area contributed by atoms with E-state index < -0.39 is 0 Å². The third-order valence-electron chi connectivity index (χ3n) is 5.07. The van der Waals surface area contributed by atoms with Crippen molar-refractivity contribution in [2.75, 3.05) is 6.61 Å². The summed E-state index contributed by atoms with van der Waals surface area (Å²) < 4.78 is 7.11. The molecule has 0 atom stereocenters. The second-order valence-electron chi connectivity index (χ2n) is 7.27. The number of fused-ring (bicyclic) bond motifs is 1. The zero-order valence-electron chi connectivity index (χ0n) is 17.1. The Morgan fingerprint density at radius 3 is 2.66 bits per heavy atom. The van der Waals surface area contributed by atoms with E-state index in [1.165, 1.54) is 30.6 Å². The third-order valence-corrected chi connectivity index (χ3v) is 6.25. The van der Waals surface area contributed by atoms with Gasteiger partial charge in [-0.05, 0) is 24.5 Å². The molecule has 0 radical (unpaired) electrons. The maximum absolute atomic E-state index is 12.9. The Balaban J connectivity index is 1.67. The molecule has 3 aromatic rings. The molecule has 0 N–H and O–H groups in total. The number of hydrogen-bond acceptors (Lipinski definition) is 5. The summed E-state index contributed by atoms with van der Waals surface area (Å²) in [4.78, 5) is 30.9. The average Bonchev–Trinajstić information content (AvgIpc) is 3.07. The van der Waals surface area contributed by atoms with E-state index in [4.69, 9.17) is 4.74 Å². The Hall–Kier alpha value is -2.47. The number of carbonyl (C=O) groups is 1. The van der Waals surface area contributed by atoms with Crippen LogP contribution in [-0.2, 0) is 17.7 Å². The summed E-state index contributed by atoms with van der Waals surface area (Å²) in [5, 5.41) is 0.543. The van der Waals surface area contributed by atoms with Crippen molar-refractivity contribution in [3.8, 4) is 0 Å². The van der Waals surface area contributed by atoms with Gasteiger partial charge in [-0.3, -0.25) is 9.36 Å². The van der Waals surface area contributed by atoms with Crippen LogP contribution in [0.2, 0.25) is 0 Å². The lowest BCUT2D eigenvalue weighted by Gasteiger charge is -2.05. The predicted octanol–water partition coefficient (Wildman–Crippen LogP) is 5.14. The first-order valence-corrected chi connectivity index (χ1v) is 11.1. The molecule has 1 aromatic carbocycles. The van der Waals surface area contributed by atoms with E-state index in [0.29, 0.717) is 40.2 Å². The Morgan fingerprint density at radius 1 is 1.14 bits per heavy atom. The highest BCUT2D eigenvalue weighted by molar-refractivity contribution is 7.20. The number of esters is 1. The SMILES string of the molecule is CCCCCCCn1cnc2sc(C(=O)OCCc3ccccc3)c(C)c2c1=O. The number of thiophene rings is 1. The summed E-state index contributed by atoms with van der Waals surface area (Å²) in [6.07, 6.45) is 7.96. The first-order valence-electron chi connectivity index (χ1n) is 10.3. The van der Waals surface area contributed by atoms with Gasteiger partial charge in [0.25, 0.3) is 5.56 Å². The van der Waals surface area contributed by atoms with E-state index in [-0.39, 0.29) is 11.5 Å². The van der Waals surface area contributed by atoms with E-state index in [2.05, 4.69) is 11.9 Å². The molecule has 0 aliphatic heterocycles. The summed E-state index contributed by atoms with van der Waals surface area (Å²) in [6, 6.07) is 9.91. The molecule has 2 heterocycles. The lowest BCUT2D eigenvalue weighted by atomic mass is 10.1. The van der Waals surface area contributed by atoms with Gasteiger partial charge in [0.05, 0.1) is 18.3 Å². The largest absolute Gasteiger partial charge is 0.461 e. The molecule has 0 aliphatic carbocycles. The van der Waals surface area contributed by atoms with Gasteiger partial charge < -0.3 is 4.74 Å². The molecule has 0 saturated heterocycles. The van der Waals surface area contributed by atoms with Crippen molar-refractivity contribution in [3.05, 3.63) is 63.0 Å². The minimum atomic E-state index is -0.382. The number of unbranched alkanes of at least 4 members (excludes halogenated alkanes) is 4. The minimum Gasteiger partial charge on any atom is -0.461 e. The number of hydrogen-bond donors (Lipinski definition) is 0. The van der Waals surface area contributed by atoms with Gasteiger partial charge in [-0.25, -0.2) is 9.78 Å². The summed E-state index contributed by atoms with van der Waals surface area (Å²) in [5.74, 6) is -0.382. The first kappa shape index (κ1) is 21.2. The standard InChI is InChI=1S/C23H28N2O3S/c1-3-4-5-6-10-14-25-16-24-21-19(22(25)26)17(2)20(29-21)23(27)28-15-13-18-11-8-7-9-12-18/h7-9,11-12,16H,3-6,10,13-15H2,1-2H3. The molecule has 0 aliphatic rings. The molecule has 3 rings (SSSR count). The summed E-state index contributed by atoms with van der Waals surface area (Å²) >= 11 is 1.24. The second-order valence-corrected chi connectivity index (χ2v) is 8.26. The van der Waals surface area contributed by atoms with E-state index in [0.717, 1.165) is 18.4 Å². The van der Waals surface area contributed by atoms with Crippen LogP contribution in [0.3, 0.4) is 0 Å². The van der Waals surface area contributed by atoms with Gasteiger partial charge in [0.1, 0.15) is 9.71 Å². The van der Waals surface area contributed by atoms with E-state index in [1.807, 2.05) is 30.3 Å². The molecule has 0 fully saturated rings. The minimum absolute atomic E-state index is 0.0671. The molecule has 154 valence electrons. The number of aromatic nitrogens is 2. The quantitative estimate of drug-likeness (QED) is 0.342. The lowest BCUT2D eigenvalue weighted by molar-refractivity contribution is 0.0514. The van der Waals surface area contributed by atoms with Gasteiger partial charge in [0.15, 0.2) is 0 Å². The maximum atomic E-state index is 12.9. The van der Waals surface area contributed by atoms with Crippen LogP contribution in [0.4, 0.5) is 0 Å². The van der Waals surface area contributed by atoms with Crippen molar-refractivity contribution >= 4 is 27.5 Å². The number of rotatable bonds is 10. The third kappa shape index (κ3) is 5.32. The normalized spacial score (nSPS) is 11.1. The molecule has 0 bridgehead atoms. The molecule has 6 heteroatoms. The van der Waals surface area contributed by atoms with Crippen LogP contribution in [0.1, 0.15) is 59.8 Å². The van der Waals surface area contributed by atoms with Crippen LogP contribution in [0.25, 0.3) is 10.2 Å². The Bertz CT molecular complexity index is 1010. The fourth-order valence-corrected chi connectivity index (χ4v) is 4.40. The molecule has 29 heavy (non-hydrogen) atoms. The van der Waals surface area contributed by atoms with Crippen molar-refractivity contribution in [1.82, 2.24) is 9.55 Å². The van der Waals surface area contributed by atoms with E-state index in [9.17, 15) is 9.59 Å². The van der Waals surface area contributed by atoms with Gasteiger partial charge in [-0.1, -0.05) is 62.9 Å². The van der Waals surface area contributed by atoms with Crippen molar-refractivity contribution in [2.45, 2.75) is 58.9 Å². The molecular formula is C23H28N2O3S. The van der Waals surface area contributed by atoms with Gasteiger partial charge >= 0.3 is 5.97 Å². The molecule has 5 nitrogen and oxygen atoms in total. The monoisotopic (exact) mass is 412 g/mol. The molecule has 0 saturated carbocycles.